The van der Waals surface area contributed by atoms with Crippen LogP contribution in [0.25, 0.3) is 0 Å². The van der Waals surface area contributed by atoms with Crippen LogP contribution in [0, 0.1) is 0 Å². The smallest absolute Gasteiger partial charge is 0.371 e. The number of benzene rings is 1. The first-order valence-electron chi connectivity index (χ1n) is 6.02. The summed E-state index contributed by atoms with van der Waals surface area (Å²) >= 11 is 11.9. The van der Waals surface area contributed by atoms with E-state index in [1.165, 1.54) is 25.4 Å². The molecular formula is C14H11Cl2N3O3. The third kappa shape index (κ3) is 3.47. The number of nitrogens with zero attached hydrogens (tertiary/aromatic N) is 2. The summed E-state index contributed by atoms with van der Waals surface area (Å²) in [6.07, 6.45) is 1.54. The van der Waals surface area contributed by atoms with Gasteiger partial charge in [0.25, 0.3) is 0 Å². The molecule has 0 aliphatic carbocycles. The lowest BCUT2D eigenvalue weighted by Crippen LogP contribution is -2.17. The average Bonchev–Trinajstić information content (AvgIpc) is 2.54. The molecule has 0 fully saturated rings. The van der Waals surface area contributed by atoms with Gasteiger partial charge >= 0.3 is 5.97 Å². The summed E-state index contributed by atoms with van der Waals surface area (Å²) in [6, 6.07) is 8.03. The van der Waals surface area contributed by atoms with E-state index in [2.05, 4.69) is 10.1 Å². The van der Waals surface area contributed by atoms with Crippen molar-refractivity contribution >= 4 is 35.0 Å². The van der Waals surface area contributed by atoms with E-state index in [0.29, 0.717) is 5.69 Å². The molecule has 0 amide bonds. The van der Waals surface area contributed by atoms with Gasteiger partial charge in [-0.3, -0.25) is 4.98 Å². The van der Waals surface area contributed by atoms with E-state index in [0.717, 1.165) is 0 Å². The maximum atomic E-state index is 12.1. The van der Waals surface area contributed by atoms with E-state index < -0.39 is 5.97 Å². The molecule has 0 unspecified atom stereocenters. The summed E-state index contributed by atoms with van der Waals surface area (Å²) in [7, 11) is 1.36. The SMILES string of the molecule is COc1c(Cl)ccc(Cl)c1C(=O)O/N=C(\N)c1ccccn1. The van der Waals surface area contributed by atoms with Crippen LogP contribution in [0.2, 0.25) is 10.0 Å². The molecule has 0 bridgehead atoms. The molecule has 0 atom stereocenters. The molecule has 22 heavy (non-hydrogen) atoms. The van der Waals surface area contributed by atoms with Gasteiger partial charge in [-0.1, -0.05) is 34.4 Å². The van der Waals surface area contributed by atoms with Gasteiger partial charge in [-0.25, -0.2) is 4.79 Å². The normalized spacial score (nSPS) is 11.1. The molecule has 0 aliphatic heterocycles. The van der Waals surface area contributed by atoms with Gasteiger partial charge in [-0.05, 0) is 24.3 Å². The summed E-state index contributed by atoms with van der Waals surface area (Å²) in [5.74, 6) is -0.792. The first-order valence-corrected chi connectivity index (χ1v) is 6.78. The summed E-state index contributed by atoms with van der Waals surface area (Å²) in [4.78, 5) is 20.9. The number of rotatable bonds is 4. The monoisotopic (exact) mass is 339 g/mol. The van der Waals surface area contributed by atoms with Crippen molar-refractivity contribution in [2.24, 2.45) is 10.9 Å². The van der Waals surface area contributed by atoms with Crippen molar-refractivity contribution in [3.63, 3.8) is 0 Å². The third-order valence-electron chi connectivity index (χ3n) is 2.62. The molecule has 1 aromatic heterocycles. The Kier molecular flexibility index (Phi) is 5.19. The van der Waals surface area contributed by atoms with Crippen LogP contribution in [-0.2, 0) is 4.84 Å². The summed E-state index contributed by atoms with van der Waals surface area (Å²) in [5.41, 5.74) is 6.02. The van der Waals surface area contributed by atoms with Gasteiger partial charge in [-0.2, -0.15) is 0 Å². The summed E-state index contributed by atoms with van der Waals surface area (Å²) < 4.78 is 5.06. The Bertz CT molecular complexity index is 721. The Morgan fingerprint density at radius 2 is 1.95 bits per heavy atom. The van der Waals surface area contributed by atoms with Crippen LogP contribution in [0.4, 0.5) is 0 Å². The minimum atomic E-state index is -0.844. The Morgan fingerprint density at radius 3 is 2.59 bits per heavy atom. The number of methoxy groups -OCH3 is 1. The molecule has 0 radical (unpaired) electrons. The lowest BCUT2D eigenvalue weighted by atomic mass is 10.2. The van der Waals surface area contributed by atoms with Crippen molar-refractivity contribution in [2.75, 3.05) is 7.11 Å². The minimum absolute atomic E-state index is 0.0331. The van der Waals surface area contributed by atoms with Crippen LogP contribution in [0.5, 0.6) is 5.75 Å². The van der Waals surface area contributed by atoms with Crippen molar-refractivity contribution in [3.05, 3.63) is 57.8 Å². The fourth-order valence-electron chi connectivity index (χ4n) is 1.62. The van der Waals surface area contributed by atoms with E-state index in [1.54, 1.807) is 18.2 Å². The number of amidine groups is 1. The average molecular weight is 340 g/mol. The molecule has 0 saturated carbocycles. The highest BCUT2D eigenvalue weighted by molar-refractivity contribution is 6.37. The van der Waals surface area contributed by atoms with Crippen LogP contribution in [0.15, 0.2) is 41.7 Å². The van der Waals surface area contributed by atoms with E-state index in [-0.39, 0.29) is 27.2 Å². The van der Waals surface area contributed by atoms with E-state index in [9.17, 15) is 4.79 Å². The number of oxime groups is 1. The first kappa shape index (κ1) is 16.1. The lowest BCUT2D eigenvalue weighted by molar-refractivity contribution is 0.0512. The predicted molar refractivity (Wildman–Crippen MR) is 83.4 cm³/mol. The molecule has 0 aliphatic rings. The van der Waals surface area contributed by atoms with Crippen LogP contribution in [0.3, 0.4) is 0 Å². The highest BCUT2D eigenvalue weighted by atomic mass is 35.5. The molecule has 114 valence electrons. The number of aromatic nitrogens is 1. The van der Waals surface area contributed by atoms with Gasteiger partial charge in [-0.15, -0.1) is 0 Å². The second-order valence-corrected chi connectivity index (χ2v) is 4.82. The Labute approximate surface area is 136 Å². The van der Waals surface area contributed by atoms with Gasteiger partial charge in [0.2, 0.25) is 0 Å². The van der Waals surface area contributed by atoms with Crippen molar-refractivity contribution in [3.8, 4) is 5.75 Å². The van der Waals surface area contributed by atoms with Crippen LogP contribution in [0.1, 0.15) is 16.1 Å². The van der Waals surface area contributed by atoms with Crippen molar-refractivity contribution in [1.29, 1.82) is 0 Å². The Balaban J connectivity index is 2.25. The molecule has 2 aromatic rings. The highest BCUT2D eigenvalue weighted by Crippen LogP contribution is 2.34. The van der Waals surface area contributed by atoms with Crippen LogP contribution < -0.4 is 10.5 Å². The Morgan fingerprint density at radius 1 is 1.23 bits per heavy atom. The third-order valence-corrected chi connectivity index (χ3v) is 3.23. The predicted octanol–water partition coefficient (Wildman–Crippen LogP) is 2.87. The molecule has 0 saturated heterocycles. The standard InChI is InChI=1S/C14H11Cl2N3O3/c1-21-12-9(16)6-5-8(15)11(12)14(20)22-19-13(17)10-4-2-3-7-18-10/h2-7H,1H3,(H2,17,19). The molecular weight excluding hydrogens is 329 g/mol. The van der Waals surface area contributed by atoms with E-state index in [4.69, 9.17) is 38.5 Å². The molecule has 0 spiro atoms. The zero-order valence-corrected chi connectivity index (χ0v) is 12.9. The number of ether oxygens (including phenoxy) is 1. The quantitative estimate of drug-likeness (QED) is 0.400. The number of carbonyl (C=O) groups is 1. The maximum Gasteiger partial charge on any atom is 0.371 e. The van der Waals surface area contributed by atoms with Gasteiger partial charge in [0.15, 0.2) is 11.6 Å². The number of hydrogen-bond acceptors (Lipinski definition) is 5. The number of halogens is 2. The second kappa shape index (κ2) is 7.11. The van der Waals surface area contributed by atoms with E-state index in [1.807, 2.05) is 0 Å². The zero-order valence-electron chi connectivity index (χ0n) is 11.4. The number of pyridine rings is 1. The Hall–Kier alpha value is -2.31. The molecule has 2 rings (SSSR count). The number of hydrogen-bond donors (Lipinski definition) is 1. The topological polar surface area (TPSA) is 86.8 Å². The van der Waals surface area contributed by atoms with Gasteiger partial charge in [0.05, 0.1) is 17.2 Å². The minimum Gasteiger partial charge on any atom is -0.494 e. The van der Waals surface area contributed by atoms with Crippen molar-refractivity contribution in [1.82, 2.24) is 4.98 Å². The van der Waals surface area contributed by atoms with Crippen molar-refractivity contribution in [2.45, 2.75) is 0 Å². The largest absolute Gasteiger partial charge is 0.494 e. The zero-order chi connectivity index (χ0) is 16.1. The summed E-state index contributed by atoms with van der Waals surface area (Å²) in [6.45, 7) is 0. The van der Waals surface area contributed by atoms with Gasteiger partial charge in [0, 0.05) is 6.20 Å². The second-order valence-electron chi connectivity index (χ2n) is 4.01. The lowest BCUT2D eigenvalue weighted by Gasteiger charge is -2.09. The summed E-state index contributed by atoms with van der Waals surface area (Å²) in [5, 5.41) is 3.89. The molecule has 6 nitrogen and oxygen atoms in total. The van der Waals surface area contributed by atoms with Crippen molar-refractivity contribution < 1.29 is 14.4 Å². The number of carbonyl (C=O) groups excluding carboxylic acids is 1. The van der Waals surface area contributed by atoms with Gasteiger partial charge < -0.3 is 15.3 Å². The molecule has 2 N–H and O–H groups in total. The first-order chi connectivity index (χ1) is 10.5. The fraction of sp³-hybridized carbons (Fsp3) is 0.0714. The molecule has 1 aromatic carbocycles. The molecule has 8 heteroatoms. The van der Waals surface area contributed by atoms with Gasteiger partial charge in [0.1, 0.15) is 11.3 Å². The number of nitrogens with two attached hydrogens (primary N) is 1. The maximum absolute atomic E-state index is 12.1. The highest BCUT2D eigenvalue weighted by Gasteiger charge is 2.21. The fourth-order valence-corrected chi connectivity index (χ4v) is 2.08. The van der Waals surface area contributed by atoms with Crippen LogP contribution in [-0.4, -0.2) is 23.9 Å². The molecule has 1 heterocycles. The van der Waals surface area contributed by atoms with Crippen LogP contribution >= 0.6 is 23.2 Å². The van der Waals surface area contributed by atoms with E-state index >= 15 is 0 Å².